The van der Waals surface area contributed by atoms with Crippen LogP contribution in [0, 0.1) is 11.6 Å². The second kappa shape index (κ2) is 12.4. The number of carbonyl (C=O) groups is 3. The Bertz CT molecular complexity index is 1280. The monoisotopic (exact) mass is 571 g/mol. The molecule has 11 nitrogen and oxygen atoms in total. The van der Waals surface area contributed by atoms with Gasteiger partial charge in [0.1, 0.15) is 23.4 Å². The number of pyridine rings is 1. The molecule has 1 N–H and O–H groups in total. The average Bonchev–Trinajstić information content (AvgIpc) is 3.16. The van der Waals surface area contributed by atoms with Crippen LogP contribution in [0.2, 0.25) is 0 Å². The lowest BCUT2D eigenvalue weighted by Crippen LogP contribution is -2.47. The summed E-state index contributed by atoms with van der Waals surface area (Å²) in [7, 11) is 2.06. The summed E-state index contributed by atoms with van der Waals surface area (Å²) in [5.41, 5.74) is 3.40. The average molecular weight is 572 g/mol. The molecule has 4 heterocycles. The lowest BCUT2D eigenvalue weighted by Gasteiger charge is -2.34. The number of halogens is 2. The molecule has 0 bridgehead atoms. The van der Waals surface area contributed by atoms with Gasteiger partial charge in [0.25, 0.3) is 5.91 Å². The number of piperazine rings is 1. The van der Waals surface area contributed by atoms with E-state index in [2.05, 4.69) is 27.3 Å². The van der Waals surface area contributed by atoms with Crippen molar-refractivity contribution in [3.63, 3.8) is 0 Å². The number of Topliss-reactive ketones (excluding diaryl/α,β-unsaturated/α-hetero) is 1. The van der Waals surface area contributed by atoms with Crippen molar-refractivity contribution >= 4 is 35.0 Å². The van der Waals surface area contributed by atoms with Crippen molar-refractivity contribution < 1.29 is 27.9 Å². The van der Waals surface area contributed by atoms with Crippen LogP contribution in [0.25, 0.3) is 0 Å². The highest BCUT2D eigenvalue weighted by Gasteiger charge is 2.34. The number of hydrogen-bond acceptors (Lipinski definition) is 9. The van der Waals surface area contributed by atoms with Crippen molar-refractivity contribution in [2.24, 2.45) is 0 Å². The summed E-state index contributed by atoms with van der Waals surface area (Å²) in [6, 6.07) is 5.71. The lowest BCUT2D eigenvalue weighted by atomic mass is 10.1. The fraction of sp³-hybridized carbons (Fsp3) is 0.500. The van der Waals surface area contributed by atoms with Gasteiger partial charge < -0.3 is 24.2 Å². The predicted octanol–water partition coefficient (Wildman–Crippen LogP) is 2.27. The van der Waals surface area contributed by atoms with E-state index < -0.39 is 23.8 Å². The Morgan fingerprint density at radius 1 is 1.05 bits per heavy atom. The largest absolute Gasteiger partial charge is 0.444 e. The fourth-order valence-electron chi connectivity index (χ4n) is 5.36. The molecule has 2 amide bonds. The third-order valence-electron chi connectivity index (χ3n) is 7.66. The molecule has 0 spiro atoms. The minimum absolute atomic E-state index is 0.0240. The number of aromatic nitrogens is 1. The molecule has 3 aliphatic heterocycles. The molecule has 0 saturated carbocycles. The third kappa shape index (κ3) is 6.41. The number of anilines is 3. The predicted molar refractivity (Wildman–Crippen MR) is 149 cm³/mol. The van der Waals surface area contributed by atoms with Gasteiger partial charge in [-0.2, -0.15) is 0 Å². The van der Waals surface area contributed by atoms with E-state index in [0.717, 1.165) is 38.3 Å². The molecular weight excluding hydrogens is 536 g/mol. The number of likely N-dealkylation sites (N-methyl/N-ethyl adjacent to an activating group) is 1. The summed E-state index contributed by atoms with van der Waals surface area (Å²) >= 11 is 0. The number of cyclic esters (lactones) is 1. The van der Waals surface area contributed by atoms with E-state index in [-0.39, 0.29) is 62.2 Å². The molecule has 220 valence electrons. The Morgan fingerprint density at radius 2 is 1.76 bits per heavy atom. The fourth-order valence-corrected chi connectivity index (χ4v) is 5.36. The van der Waals surface area contributed by atoms with Crippen LogP contribution in [0.3, 0.4) is 0 Å². The third-order valence-corrected chi connectivity index (χ3v) is 7.66. The van der Waals surface area contributed by atoms with Crippen molar-refractivity contribution in [1.29, 1.82) is 0 Å². The number of carbonyl (C=O) groups excluding carboxylic acids is 3. The minimum atomic E-state index is -0.815. The van der Waals surface area contributed by atoms with Crippen LogP contribution in [0.5, 0.6) is 0 Å². The maximum Gasteiger partial charge on any atom is 0.414 e. The first kappa shape index (κ1) is 28.7. The van der Waals surface area contributed by atoms with Gasteiger partial charge in [-0.15, -0.1) is 0 Å². The summed E-state index contributed by atoms with van der Waals surface area (Å²) in [5.74, 6) is -1.28. The van der Waals surface area contributed by atoms with Crippen LogP contribution in [0.4, 0.5) is 30.8 Å². The van der Waals surface area contributed by atoms with E-state index >= 15 is 8.78 Å². The van der Waals surface area contributed by atoms with Crippen LogP contribution in [-0.2, 0) is 9.53 Å². The maximum atomic E-state index is 15.3. The molecule has 3 aliphatic rings. The van der Waals surface area contributed by atoms with Gasteiger partial charge in [0, 0.05) is 70.6 Å². The molecule has 1 atom stereocenters. The summed E-state index contributed by atoms with van der Waals surface area (Å²) in [4.78, 5) is 48.7. The number of hydrogen-bond donors (Lipinski definition) is 1. The SMILES string of the molecule is CC(=O)CC[C@H]1CN(c2cc(F)c(N3CCNN(C(=O)c4cccnc4N4CCN(C)CC4)CC3)c(F)c2)C(=O)O1. The maximum absolute atomic E-state index is 15.3. The van der Waals surface area contributed by atoms with E-state index in [1.165, 1.54) is 16.8 Å². The molecule has 3 saturated heterocycles. The van der Waals surface area contributed by atoms with Crippen molar-refractivity contribution in [3.05, 3.63) is 47.7 Å². The number of amides is 2. The quantitative estimate of drug-likeness (QED) is 0.537. The molecule has 1 aromatic heterocycles. The van der Waals surface area contributed by atoms with E-state index in [1.54, 1.807) is 23.2 Å². The zero-order valence-corrected chi connectivity index (χ0v) is 23.3. The molecule has 5 rings (SSSR count). The van der Waals surface area contributed by atoms with Crippen LogP contribution in [0.15, 0.2) is 30.5 Å². The number of ketones is 1. The van der Waals surface area contributed by atoms with Crippen molar-refractivity contribution in [3.8, 4) is 0 Å². The molecule has 0 radical (unpaired) electrons. The lowest BCUT2D eigenvalue weighted by molar-refractivity contribution is -0.117. The van der Waals surface area contributed by atoms with Gasteiger partial charge in [-0.3, -0.25) is 14.7 Å². The molecule has 0 aliphatic carbocycles. The normalized spacial score (nSPS) is 20.3. The first-order chi connectivity index (χ1) is 19.7. The van der Waals surface area contributed by atoms with Crippen LogP contribution in [-0.4, -0.2) is 105 Å². The molecule has 1 aromatic carbocycles. The standard InChI is InChI=1S/C28H35F2N7O4/c1-19(38)5-6-21-18-36(28(40)41-21)20-16-23(29)25(24(30)17-20)34-9-8-32-37(15-14-34)27(39)22-4-3-7-31-26(22)35-12-10-33(2)11-13-35/h3-4,7,16-17,21,32H,5-6,8-15,18H2,1-2H3/t21-/m0/s1. The van der Waals surface area contributed by atoms with E-state index in [9.17, 15) is 14.4 Å². The molecule has 3 fully saturated rings. The number of hydrazine groups is 1. The summed E-state index contributed by atoms with van der Waals surface area (Å²) in [6.07, 6.45) is 1.06. The number of nitrogens with one attached hydrogen (secondary N) is 1. The molecule has 0 unspecified atom stereocenters. The molecule has 41 heavy (non-hydrogen) atoms. The highest BCUT2D eigenvalue weighted by Crippen LogP contribution is 2.32. The topological polar surface area (TPSA) is 102 Å². The van der Waals surface area contributed by atoms with Crippen molar-refractivity contribution in [1.82, 2.24) is 20.3 Å². The summed E-state index contributed by atoms with van der Waals surface area (Å²) < 4.78 is 36.0. The van der Waals surface area contributed by atoms with Crippen molar-refractivity contribution in [2.75, 3.05) is 80.7 Å². The Morgan fingerprint density at radius 3 is 2.46 bits per heavy atom. The van der Waals surface area contributed by atoms with Crippen molar-refractivity contribution in [2.45, 2.75) is 25.9 Å². The Kier molecular flexibility index (Phi) is 8.64. The van der Waals surface area contributed by atoms with Crippen LogP contribution >= 0.6 is 0 Å². The van der Waals surface area contributed by atoms with Gasteiger partial charge in [0.05, 0.1) is 24.3 Å². The van der Waals surface area contributed by atoms with Gasteiger partial charge in [-0.1, -0.05) is 0 Å². The van der Waals surface area contributed by atoms with Gasteiger partial charge in [0.2, 0.25) is 0 Å². The van der Waals surface area contributed by atoms with Gasteiger partial charge in [-0.25, -0.2) is 24.0 Å². The number of ether oxygens (including phenoxy) is 1. The smallest absolute Gasteiger partial charge is 0.414 e. The first-order valence-electron chi connectivity index (χ1n) is 13.9. The Hall–Kier alpha value is -3.84. The summed E-state index contributed by atoms with van der Waals surface area (Å²) in [6.45, 7) is 5.75. The Balaban J connectivity index is 1.27. The molecule has 2 aromatic rings. The highest BCUT2D eigenvalue weighted by molar-refractivity contribution is 5.98. The van der Waals surface area contributed by atoms with Crippen LogP contribution in [0.1, 0.15) is 30.1 Å². The summed E-state index contributed by atoms with van der Waals surface area (Å²) in [5, 5.41) is 1.47. The van der Waals surface area contributed by atoms with E-state index in [1.807, 2.05) is 0 Å². The van der Waals surface area contributed by atoms with Gasteiger partial charge in [0.15, 0.2) is 11.6 Å². The Labute approximate surface area is 237 Å². The second-order valence-electron chi connectivity index (χ2n) is 10.6. The van der Waals surface area contributed by atoms with Gasteiger partial charge >= 0.3 is 6.09 Å². The number of nitrogens with zero attached hydrogens (tertiary/aromatic N) is 6. The van der Waals surface area contributed by atoms with Crippen LogP contribution < -0.4 is 20.1 Å². The zero-order chi connectivity index (χ0) is 29.1. The first-order valence-corrected chi connectivity index (χ1v) is 13.9. The second-order valence-corrected chi connectivity index (χ2v) is 10.6. The zero-order valence-electron chi connectivity index (χ0n) is 23.3. The minimum Gasteiger partial charge on any atom is -0.444 e. The molecule has 13 heteroatoms. The highest BCUT2D eigenvalue weighted by atomic mass is 19.1. The van der Waals surface area contributed by atoms with E-state index in [4.69, 9.17) is 4.74 Å². The molecular formula is C28H35F2N7O4. The van der Waals surface area contributed by atoms with Gasteiger partial charge in [-0.05, 0) is 32.5 Å². The van der Waals surface area contributed by atoms with E-state index in [0.29, 0.717) is 17.8 Å². The number of benzene rings is 1. The number of rotatable bonds is 7.